The Morgan fingerprint density at radius 3 is 2.13 bits per heavy atom. The maximum atomic E-state index is 7.43. The average molecular weight is 229 g/mol. The van der Waals surface area contributed by atoms with E-state index in [1.54, 1.807) is 7.11 Å². The molecule has 0 heterocycles. The fourth-order valence-electron chi connectivity index (χ4n) is 0.874. The second-order valence-corrected chi connectivity index (χ2v) is 8.23. The highest BCUT2D eigenvalue weighted by molar-refractivity contribution is 7.75. The first-order chi connectivity index (χ1) is 7.10. The van der Waals surface area contributed by atoms with Gasteiger partial charge in [0, 0.05) is 21.0 Å². The van der Waals surface area contributed by atoms with Gasteiger partial charge in [-0.25, -0.2) is 0 Å². The third-order valence-corrected chi connectivity index (χ3v) is 6.78. The number of nitrogens with zero attached hydrogens (tertiary/aromatic N) is 3. The maximum Gasteiger partial charge on any atom is 0.0925 e. The predicted octanol–water partition coefficient (Wildman–Crippen LogP) is 2.53. The van der Waals surface area contributed by atoms with Crippen LogP contribution in [0.25, 0.3) is 5.41 Å². The van der Waals surface area contributed by atoms with Crippen LogP contribution in [0.3, 0.4) is 0 Å². The molecule has 0 aromatic heterocycles. The third kappa shape index (κ3) is 11.2. The van der Waals surface area contributed by atoms with Gasteiger partial charge in [0.15, 0.2) is 0 Å². The van der Waals surface area contributed by atoms with Crippen molar-refractivity contribution in [2.45, 2.75) is 13.8 Å². The van der Waals surface area contributed by atoms with Crippen LogP contribution in [0.5, 0.6) is 0 Å². The quantitative estimate of drug-likeness (QED) is 0.413. The zero-order valence-corrected chi connectivity index (χ0v) is 10.9. The molecule has 0 aliphatic carbocycles. The molecule has 0 fully saturated rings. The molecule has 86 valence electrons. The molecule has 15 heavy (non-hydrogen) atoms. The number of nitriles is 1. The number of methoxy groups -OCH3 is 1. The molecule has 0 aliphatic heterocycles. The third-order valence-electron chi connectivity index (χ3n) is 2.46. The minimum absolute atomic E-state index is 0.573. The van der Waals surface area contributed by atoms with Crippen LogP contribution < -0.4 is 0 Å². The largest absolute Gasteiger partial charge is 0.422 e. The van der Waals surface area contributed by atoms with E-state index in [0.717, 1.165) is 6.61 Å². The second-order valence-electron chi connectivity index (χ2n) is 3.28. The van der Waals surface area contributed by atoms with Crippen molar-refractivity contribution in [3.8, 4) is 6.19 Å². The van der Waals surface area contributed by atoms with E-state index < -0.39 is 7.26 Å². The molecular formula is C10H20N3OP. The molecule has 0 N–H and O–H groups in total. The summed E-state index contributed by atoms with van der Waals surface area (Å²) in [6.07, 6.45) is 5.32. The molecule has 0 rings (SSSR count). The number of hydrogen-bond donors (Lipinski definition) is 0. The van der Waals surface area contributed by atoms with Gasteiger partial charge < -0.3 is 15.1 Å². The van der Waals surface area contributed by atoms with Crippen LogP contribution in [0.4, 0.5) is 0 Å². The lowest BCUT2D eigenvalue weighted by Crippen LogP contribution is -2.07. The summed E-state index contributed by atoms with van der Waals surface area (Å²) in [7, 11) is 1.21. The molecule has 4 nitrogen and oxygen atoms in total. The van der Waals surface area contributed by atoms with Crippen LogP contribution in [-0.2, 0) is 4.74 Å². The van der Waals surface area contributed by atoms with E-state index >= 15 is 0 Å². The fraction of sp³-hybridized carbons (Fsp3) is 0.800. The Labute approximate surface area is 93.2 Å². The summed E-state index contributed by atoms with van der Waals surface area (Å²) >= 11 is 0. The van der Waals surface area contributed by atoms with Crippen LogP contribution in [0.2, 0.25) is 0 Å². The molecule has 0 aromatic rings. The van der Waals surface area contributed by atoms with Crippen LogP contribution in [0.1, 0.15) is 13.8 Å². The second kappa shape index (κ2) is 11.3. The number of ether oxygens (including phenoxy) is 1. The number of aliphatic imine (C=N–C) groups is 1. The molecule has 0 aromatic carbocycles. The molecule has 0 aliphatic rings. The van der Waals surface area contributed by atoms with Crippen molar-refractivity contribution in [2.75, 3.05) is 38.9 Å². The lowest BCUT2D eigenvalue weighted by molar-refractivity contribution is 0.217. The van der Waals surface area contributed by atoms with E-state index in [9.17, 15) is 0 Å². The highest BCUT2D eigenvalue weighted by atomic mass is 31.2. The Balaban J connectivity index is 0. The predicted molar refractivity (Wildman–Crippen MR) is 67.1 cm³/mol. The Kier molecular flexibility index (Phi) is 12.6. The van der Waals surface area contributed by atoms with E-state index in [1.165, 1.54) is 30.7 Å². The molecule has 0 atom stereocenters. The lowest BCUT2D eigenvalue weighted by Gasteiger charge is -2.18. The first-order valence-electron chi connectivity index (χ1n) is 4.90. The molecule has 5 heteroatoms. The zero-order valence-electron chi connectivity index (χ0n) is 10.0. The summed E-state index contributed by atoms with van der Waals surface area (Å²) in [6, 6.07) is 1.28. The summed E-state index contributed by atoms with van der Waals surface area (Å²) < 4.78 is 5.07. The highest BCUT2D eigenvalue weighted by Crippen LogP contribution is 2.53. The summed E-state index contributed by atoms with van der Waals surface area (Å²) in [5.74, 6) is 0. The summed E-state index contributed by atoms with van der Waals surface area (Å²) in [6.45, 7) is 7.98. The van der Waals surface area contributed by atoms with Crippen molar-refractivity contribution in [1.29, 1.82) is 5.26 Å². The van der Waals surface area contributed by atoms with Crippen molar-refractivity contribution >= 4 is 13.3 Å². The van der Waals surface area contributed by atoms with Gasteiger partial charge in [0.25, 0.3) is 0 Å². The van der Waals surface area contributed by atoms with Crippen LogP contribution in [0.15, 0.2) is 4.99 Å². The van der Waals surface area contributed by atoms with Gasteiger partial charge in [0.1, 0.15) is 0 Å². The van der Waals surface area contributed by atoms with Gasteiger partial charge >= 0.3 is 0 Å². The normalized spacial score (nSPS) is 9.27. The molecule has 0 spiro atoms. The van der Waals surface area contributed by atoms with Crippen LogP contribution >= 0.6 is 7.26 Å². The molecule has 0 amide bonds. The summed E-state index contributed by atoms with van der Waals surface area (Å²) in [5.41, 5.74) is 0. The van der Waals surface area contributed by atoms with E-state index in [-0.39, 0.29) is 0 Å². The lowest BCUT2D eigenvalue weighted by atomic mass is 10.9. The molecular weight excluding hydrogens is 209 g/mol. The van der Waals surface area contributed by atoms with Gasteiger partial charge in [-0.15, -0.1) is 6.01 Å². The van der Waals surface area contributed by atoms with Crippen LogP contribution in [0, 0.1) is 11.5 Å². The minimum atomic E-state index is -0.573. The van der Waals surface area contributed by atoms with Crippen molar-refractivity contribution in [1.82, 2.24) is 0 Å². The Morgan fingerprint density at radius 2 is 1.93 bits per heavy atom. The average Bonchev–Trinajstić information content (AvgIpc) is 2.28. The maximum absolute atomic E-state index is 7.43. The Bertz CT molecular complexity index is 227. The first kappa shape index (κ1) is 16.7. The van der Waals surface area contributed by atoms with Gasteiger partial charge in [-0.1, -0.05) is 0 Å². The van der Waals surface area contributed by atoms with Gasteiger partial charge in [0.2, 0.25) is 0 Å². The smallest absolute Gasteiger partial charge is 0.0925 e. The topological polar surface area (TPSA) is 67.7 Å². The highest BCUT2D eigenvalue weighted by Gasteiger charge is 2.25. The van der Waals surface area contributed by atoms with Crippen LogP contribution in [-0.4, -0.2) is 44.9 Å². The SMILES string of the molecule is CC[P+](C)(CC)CCOC.N#CN=C=[N-]. The Morgan fingerprint density at radius 1 is 1.40 bits per heavy atom. The van der Waals surface area contributed by atoms with Crippen molar-refractivity contribution in [2.24, 2.45) is 4.99 Å². The van der Waals surface area contributed by atoms with E-state index in [2.05, 4.69) is 25.5 Å². The van der Waals surface area contributed by atoms with Crippen molar-refractivity contribution in [3.63, 3.8) is 0 Å². The van der Waals surface area contributed by atoms with Gasteiger partial charge in [-0.2, -0.15) is 5.26 Å². The van der Waals surface area contributed by atoms with E-state index in [0.29, 0.717) is 0 Å². The van der Waals surface area contributed by atoms with Gasteiger partial charge in [0.05, 0.1) is 31.3 Å². The summed E-state index contributed by atoms with van der Waals surface area (Å²) in [5, 5.41) is 14.9. The van der Waals surface area contributed by atoms with E-state index in [1.807, 2.05) is 0 Å². The standard InChI is InChI=1S/C8H20OP.C2N3/c1-5-10(4,6-2)8-7-9-3;3-1-5-2-4/h5-8H2,1-4H3;/q+1;-1. The monoisotopic (exact) mass is 229 g/mol. The number of hydrogen-bond acceptors (Lipinski definition) is 3. The summed E-state index contributed by atoms with van der Waals surface area (Å²) in [4.78, 5) is 2.58. The van der Waals surface area contributed by atoms with E-state index in [4.69, 9.17) is 15.4 Å². The van der Waals surface area contributed by atoms with Gasteiger partial charge in [-0.3, -0.25) is 0 Å². The van der Waals surface area contributed by atoms with Crippen molar-refractivity contribution in [3.05, 3.63) is 5.41 Å². The molecule has 0 saturated heterocycles. The fourth-order valence-corrected chi connectivity index (χ4v) is 2.58. The minimum Gasteiger partial charge on any atom is -0.422 e. The van der Waals surface area contributed by atoms with Crippen molar-refractivity contribution < 1.29 is 4.74 Å². The first-order valence-corrected chi connectivity index (χ1v) is 7.69. The number of rotatable bonds is 5. The van der Waals surface area contributed by atoms with Gasteiger partial charge in [-0.05, 0) is 13.8 Å². The molecule has 0 unspecified atom stereocenters. The Hall–Kier alpha value is -0.740. The molecule has 0 saturated carbocycles. The molecule has 0 radical (unpaired) electrons. The zero-order chi connectivity index (χ0) is 12.2. The molecule has 0 bridgehead atoms.